The first-order chi connectivity index (χ1) is 9.61. The van der Waals surface area contributed by atoms with Gasteiger partial charge in [0.25, 0.3) is 0 Å². The number of nitrogens with zero attached hydrogens (tertiary/aromatic N) is 2. The summed E-state index contributed by atoms with van der Waals surface area (Å²) < 4.78 is 11.4. The van der Waals surface area contributed by atoms with Gasteiger partial charge in [0.05, 0.1) is 5.39 Å². The molecule has 2 aromatic rings. The van der Waals surface area contributed by atoms with Crippen molar-refractivity contribution < 1.29 is 4.21 Å². The largest absolute Gasteiger partial charge is 0.368 e. The van der Waals surface area contributed by atoms with Crippen LogP contribution < -0.4 is 10.6 Å². The molecule has 0 aliphatic heterocycles. The number of aromatic nitrogens is 2. The normalized spacial score (nSPS) is 14.2. The Balaban J connectivity index is 2.21. The van der Waals surface area contributed by atoms with Crippen LogP contribution in [0.5, 0.6) is 0 Å². The molecule has 5 nitrogen and oxygen atoms in total. The zero-order valence-corrected chi connectivity index (χ0v) is 13.6. The van der Waals surface area contributed by atoms with Gasteiger partial charge in [0.1, 0.15) is 10.6 Å². The molecule has 2 atom stereocenters. The van der Waals surface area contributed by atoms with Crippen LogP contribution in [0, 0.1) is 0 Å². The fraction of sp³-hybridized carbons (Fsp3) is 0.538. The van der Waals surface area contributed by atoms with Crippen molar-refractivity contribution in [3.8, 4) is 0 Å². The molecule has 0 radical (unpaired) electrons. The molecule has 2 aromatic heterocycles. The lowest BCUT2D eigenvalue weighted by Gasteiger charge is -2.12. The maximum absolute atomic E-state index is 11.4. The van der Waals surface area contributed by atoms with Gasteiger partial charge in [-0.15, -0.1) is 11.3 Å². The van der Waals surface area contributed by atoms with Gasteiger partial charge in [-0.2, -0.15) is 4.98 Å². The third kappa shape index (κ3) is 3.67. The Bertz CT molecular complexity index is 599. The van der Waals surface area contributed by atoms with E-state index >= 15 is 0 Å². The number of nitrogens with one attached hydrogen (secondary N) is 2. The Morgan fingerprint density at radius 2 is 2.20 bits per heavy atom. The van der Waals surface area contributed by atoms with Gasteiger partial charge in [-0.1, -0.05) is 6.92 Å². The van der Waals surface area contributed by atoms with Gasteiger partial charge >= 0.3 is 0 Å². The van der Waals surface area contributed by atoms with E-state index in [0.717, 1.165) is 29.0 Å². The van der Waals surface area contributed by atoms with E-state index in [9.17, 15) is 4.21 Å². The average Bonchev–Trinajstić information content (AvgIpc) is 2.90. The van der Waals surface area contributed by atoms with Crippen LogP contribution in [-0.4, -0.2) is 38.8 Å². The van der Waals surface area contributed by atoms with Crippen molar-refractivity contribution in [1.82, 2.24) is 9.97 Å². The smallest absolute Gasteiger partial charge is 0.226 e. The van der Waals surface area contributed by atoms with Crippen molar-refractivity contribution in [3.05, 3.63) is 11.4 Å². The number of rotatable bonds is 7. The molecule has 0 aromatic carbocycles. The first-order valence-electron chi connectivity index (χ1n) is 6.67. The van der Waals surface area contributed by atoms with Crippen molar-refractivity contribution in [2.45, 2.75) is 25.5 Å². The molecule has 0 saturated carbocycles. The molecule has 0 aliphatic carbocycles. The van der Waals surface area contributed by atoms with Gasteiger partial charge in [0.2, 0.25) is 5.95 Å². The first kappa shape index (κ1) is 15.2. The maximum Gasteiger partial charge on any atom is 0.226 e. The summed E-state index contributed by atoms with van der Waals surface area (Å²) in [5, 5.41) is 9.62. The van der Waals surface area contributed by atoms with Gasteiger partial charge in [0, 0.05) is 35.4 Å². The number of hydrogen-bond donors (Lipinski definition) is 2. The summed E-state index contributed by atoms with van der Waals surface area (Å²) in [4.78, 5) is 9.97. The Morgan fingerprint density at radius 1 is 1.40 bits per heavy atom. The highest BCUT2D eigenvalue weighted by atomic mass is 32.2. The quantitative estimate of drug-likeness (QED) is 0.823. The molecule has 2 unspecified atom stereocenters. The highest BCUT2D eigenvalue weighted by Crippen LogP contribution is 2.26. The molecule has 0 fully saturated rings. The molecule has 7 heteroatoms. The van der Waals surface area contributed by atoms with Gasteiger partial charge in [-0.3, -0.25) is 4.21 Å². The minimum Gasteiger partial charge on any atom is -0.368 e. The number of anilines is 2. The van der Waals surface area contributed by atoms with Crippen molar-refractivity contribution in [2.24, 2.45) is 0 Å². The van der Waals surface area contributed by atoms with E-state index in [0.29, 0.717) is 12.5 Å². The van der Waals surface area contributed by atoms with Gasteiger partial charge in [-0.05, 0) is 24.8 Å². The minimum absolute atomic E-state index is 0.0886. The molecule has 2 N–H and O–H groups in total. The summed E-state index contributed by atoms with van der Waals surface area (Å²) >= 11 is 1.60. The summed E-state index contributed by atoms with van der Waals surface area (Å²) in [5.74, 6) is 1.46. The fourth-order valence-corrected chi connectivity index (χ4v) is 2.75. The Hall–Kier alpha value is -1.21. The topological polar surface area (TPSA) is 66.9 Å². The molecule has 0 bridgehead atoms. The molecule has 20 heavy (non-hydrogen) atoms. The zero-order chi connectivity index (χ0) is 14.5. The number of thiophene rings is 1. The van der Waals surface area contributed by atoms with Gasteiger partial charge in [0.15, 0.2) is 0 Å². The average molecular weight is 312 g/mol. The minimum atomic E-state index is -0.837. The molecule has 0 aliphatic rings. The van der Waals surface area contributed by atoms with E-state index in [1.54, 1.807) is 17.6 Å². The second-order valence-electron chi connectivity index (χ2n) is 4.65. The molecule has 0 amide bonds. The second-order valence-corrected chi connectivity index (χ2v) is 7.35. The van der Waals surface area contributed by atoms with Crippen LogP contribution in [-0.2, 0) is 10.8 Å². The summed E-state index contributed by atoms with van der Waals surface area (Å²) in [5.41, 5.74) is 0. The van der Waals surface area contributed by atoms with Crippen LogP contribution in [0.25, 0.3) is 10.2 Å². The van der Waals surface area contributed by atoms with Gasteiger partial charge < -0.3 is 10.6 Å². The van der Waals surface area contributed by atoms with Crippen molar-refractivity contribution in [1.29, 1.82) is 0 Å². The Kier molecular flexibility index (Phi) is 5.31. The van der Waals surface area contributed by atoms with Crippen LogP contribution in [0.2, 0.25) is 0 Å². The third-order valence-corrected chi connectivity index (χ3v) is 5.09. The highest BCUT2D eigenvalue weighted by Gasteiger charge is 2.11. The van der Waals surface area contributed by atoms with Crippen molar-refractivity contribution in [2.75, 3.05) is 30.0 Å². The van der Waals surface area contributed by atoms with E-state index in [1.165, 1.54) is 0 Å². The number of hydrogen-bond acceptors (Lipinski definition) is 6. The molecule has 2 rings (SSSR count). The SMILES string of the molecule is CCCNc1nc(NCC(C)S(C)=O)c2ccsc2n1. The lowest BCUT2D eigenvalue weighted by molar-refractivity contribution is 0.679. The summed E-state index contributed by atoms with van der Waals surface area (Å²) in [6.45, 7) is 5.56. The molecule has 2 heterocycles. The molecular weight excluding hydrogens is 292 g/mol. The lowest BCUT2D eigenvalue weighted by Crippen LogP contribution is -2.21. The van der Waals surface area contributed by atoms with Crippen LogP contribution in [0.15, 0.2) is 11.4 Å². The highest BCUT2D eigenvalue weighted by molar-refractivity contribution is 7.84. The van der Waals surface area contributed by atoms with Crippen molar-refractivity contribution in [3.63, 3.8) is 0 Å². The first-order valence-corrected chi connectivity index (χ1v) is 9.17. The fourth-order valence-electron chi connectivity index (χ4n) is 1.66. The second kappa shape index (κ2) is 6.99. The predicted octanol–water partition coefficient (Wildman–Crippen LogP) is 2.69. The van der Waals surface area contributed by atoms with Gasteiger partial charge in [-0.25, -0.2) is 4.98 Å². The molecule has 0 saturated heterocycles. The molecule has 0 spiro atoms. The van der Waals surface area contributed by atoms with E-state index in [-0.39, 0.29) is 5.25 Å². The van der Waals surface area contributed by atoms with Crippen LogP contribution >= 0.6 is 11.3 Å². The Labute approximate surface area is 125 Å². The van der Waals surface area contributed by atoms with Crippen LogP contribution in [0.3, 0.4) is 0 Å². The van der Waals surface area contributed by atoms with E-state index < -0.39 is 10.8 Å². The van der Waals surface area contributed by atoms with Crippen LogP contribution in [0.1, 0.15) is 20.3 Å². The predicted molar refractivity (Wildman–Crippen MR) is 88.2 cm³/mol. The van der Waals surface area contributed by atoms with Crippen molar-refractivity contribution >= 4 is 44.1 Å². The molecule has 110 valence electrons. The third-order valence-electron chi connectivity index (χ3n) is 2.98. The summed E-state index contributed by atoms with van der Waals surface area (Å²) in [7, 11) is -0.837. The zero-order valence-electron chi connectivity index (χ0n) is 12.0. The van der Waals surface area contributed by atoms with Crippen LogP contribution in [0.4, 0.5) is 11.8 Å². The van der Waals surface area contributed by atoms with E-state index in [2.05, 4.69) is 27.5 Å². The Morgan fingerprint density at radius 3 is 2.90 bits per heavy atom. The maximum atomic E-state index is 11.4. The number of fused-ring (bicyclic) bond motifs is 1. The van der Waals surface area contributed by atoms with E-state index in [4.69, 9.17) is 0 Å². The summed E-state index contributed by atoms with van der Waals surface area (Å²) in [6.07, 6.45) is 2.75. The molecular formula is C13H20N4OS2. The standard InChI is InChI=1S/C13H20N4OS2/c1-4-6-14-13-16-11(15-8-9(2)20(3)18)10-5-7-19-12(10)17-13/h5,7,9H,4,6,8H2,1-3H3,(H2,14,15,16,17). The monoisotopic (exact) mass is 312 g/mol. The van der Waals surface area contributed by atoms with E-state index in [1.807, 2.05) is 18.4 Å². The summed E-state index contributed by atoms with van der Waals surface area (Å²) in [6, 6.07) is 2.01. The lowest BCUT2D eigenvalue weighted by atomic mass is 10.3.